The maximum atomic E-state index is 9.18. The molecule has 0 saturated carbocycles. The number of hydrogen-bond donors (Lipinski definition) is 2. The van der Waals surface area contributed by atoms with Crippen molar-refractivity contribution in [2.24, 2.45) is 0 Å². The van der Waals surface area contributed by atoms with Gasteiger partial charge in [-0.05, 0) is 54.7 Å². The molecule has 1 saturated heterocycles. The van der Waals surface area contributed by atoms with E-state index in [9.17, 15) is 5.11 Å². The van der Waals surface area contributed by atoms with Gasteiger partial charge in [-0.25, -0.2) is 0 Å². The molecule has 0 aliphatic carbocycles. The number of anilines is 2. The van der Waals surface area contributed by atoms with Crippen LogP contribution < -0.4 is 10.2 Å². The summed E-state index contributed by atoms with van der Waals surface area (Å²) in [6.45, 7) is 4.53. The predicted octanol–water partition coefficient (Wildman–Crippen LogP) is 3.71. The second kappa shape index (κ2) is 7.89. The van der Waals surface area contributed by atoms with E-state index < -0.39 is 0 Å². The highest BCUT2D eigenvalue weighted by molar-refractivity contribution is 5.76. The molecule has 0 bridgehead atoms. The number of aryl methyl sites for hydroxylation is 1. The fourth-order valence-electron chi connectivity index (χ4n) is 4.32. The van der Waals surface area contributed by atoms with E-state index in [0.717, 1.165) is 38.3 Å². The number of nitrogens with zero attached hydrogens (tertiary/aromatic N) is 1. The Balaban J connectivity index is 1.79. The van der Waals surface area contributed by atoms with Crippen molar-refractivity contribution in [3.63, 3.8) is 0 Å². The van der Waals surface area contributed by atoms with E-state index in [-0.39, 0.29) is 12.8 Å². The summed E-state index contributed by atoms with van der Waals surface area (Å²) in [5.41, 5.74) is 7.05. The molecule has 5 heteroatoms. The quantitative estimate of drug-likeness (QED) is 0.806. The van der Waals surface area contributed by atoms with E-state index in [4.69, 9.17) is 9.47 Å². The smallest absolute Gasteiger partial charge is 0.113 e. The molecule has 1 fully saturated rings. The first-order valence-corrected chi connectivity index (χ1v) is 9.68. The van der Waals surface area contributed by atoms with Crippen molar-refractivity contribution in [1.29, 1.82) is 0 Å². The van der Waals surface area contributed by atoms with Crippen molar-refractivity contribution < 1.29 is 14.6 Å². The second-order valence-corrected chi connectivity index (χ2v) is 7.36. The molecule has 2 aromatic rings. The Labute approximate surface area is 160 Å². The molecule has 2 aliphatic heterocycles. The van der Waals surface area contributed by atoms with E-state index in [0.29, 0.717) is 6.04 Å². The first-order valence-electron chi connectivity index (χ1n) is 9.68. The molecule has 2 aliphatic rings. The fraction of sp³-hybridized carbons (Fsp3) is 0.455. The van der Waals surface area contributed by atoms with E-state index >= 15 is 0 Å². The van der Waals surface area contributed by atoms with Crippen molar-refractivity contribution in [1.82, 2.24) is 0 Å². The lowest BCUT2D eigenvalue weighted by molar-refractivity contribution is 0.0753. The fourth-order valence-corrected chi connectivity index (χ4v) is 4.32. The summed E-state index contributed by atoms with van der Waals surface area (Å²) in [7, 11) is 1.80. The van der Waals surface area contributed by atoms with E-state index in [2.05, 4.69) is 47.5 Å². The van der Waals surface area contributed by atoms with Crippen LogP contribution in [0.4, 0.5) is 11.4 Å². The number of aliphatic hydroxyl groups excluding tert-OH is 1. The van der Waals surface area contributed by atoms with Crippen LogP contribution in [-0.2, 0) is 9.47 Å². The Morgan fingerprint density at radius 3 is 2.93 bits per heavy atom. The third kappa shape index (κ3) is 3.55. The molecule has 2 aromatic carbocycles. The zero-order valence-electron chi connectivity index (χ0n) is 16.1. The average molecular weight is 368 g/mol. The summed E-state index contributed by atoms with van der Waals surface area (Å²) in [4.78, 5) is 2.51. The van der Waals surface area contributed by atoms with Gasteiger partial charge in [0.2, 0.25) is 0 Å². The maximum absolute atomic E-state index is 9.18. The molecular weight excluding hydrogens is 340 g/mol. The Kier molecular flexibility index (Phi) is 5.34. The van der Waals surface area contributed by atoms with Crippen LogP contribution in [0.15, 0.2) is 36.4 Å². The highest BCUT2D eigenvalue weighted by atomic mass is 16.5. The van der Waals surface area contributed by atoms with Crippen LogP contribution in [0.1, 0.15) is 30.1 Å². The van der Waals surface area contributed by atoms with Crippen molar-refractivity contribution in [2.45, 2.75) is 31.9 Å². The van der Waals surface area contributed by atoms with Crippen LogP contribution in [0.2, 0.25) is 0 Å². The highest BCUT2D eigenvalue weighted by Crippen LogP contribution is 2.41. The van der Waals surface area contributed by atoms with Crippen LogP contribution in [-0.4, -0.2) is 44.7 Å². The molecule has 0 amide bonds. The molecule has 2 unspecified atom stereocenters. The molecule has 4 rings (SSSR count). The first-order chi connectivity index (χ1) is 13.2. The molecule has 5 nitrogen and oxygen atoms in total. The lowest BCUT2D eigenvalue weighted by Crippen LogP contribution is -2.45. The Bertz CT molecular complexity index is 808. The number of aliphatic hydroxyl groups is 1. The minimum atomic E-state index is -0.0718. The lowest BCUT2D eigenvalue weighted by Gasteiger charge is -2.37. The second-order valence-electron chi connectivity index (χ2n) is 7.36. The number of nitrogens with one attached hydrogen (secondary N) is 1. The molecule has 0 aromatic heterocycles. The van der Waals surface area contributed by atoms with Gasteiger partial charge in [0.1, 0.15) is 6.73 Å². The molecule has 2 N–H and O–H groups in total. The van der Waals surface area contributed by atoms with Gasteiger partial charge in [-0.15, -0.1) is 0 Å². The van der Waals surface area contributed by atoms with Gasteiger partial charge < -0.3 is 24.8 Å². The summed E-state index contributed by atoms with van der Waals surface area (Å²) >= 11 is 0. The van der Waals surface area contributed by atoms with Gasteiger partial charge in [-0.2, -0.15) is 0 Å². The normalized spacial score (nSPS) is 22.0. The SMILES string of the molecule is COC1CCC2COCCN2c2cc(-c3cc(NCO)ccc3C)ccc21. The topological polar surface area (TPSA) is 54.0 Å². The molecule has 2 heterocycles. The van der Waals surface area contributed by atoms with Gasteiger partial charge in [-0.3, -0.25) is 0 Å². The number of methoxy groups -OCH3 is 1. The van der Waals surface area contributed by atoms with Crippen LogP contribution in [0.5, 0.6) is 0 Å². The van der Waals surface area contributed by atoms with Crippen LogP contribution in [0.3, 0.4) is 0 Å². The van der Waals surface area contributed by atoms with E-state index in [1.54, 1.807) is 7.11 Å². The Morgan fingerprint density at radius 2 is 2.11 bits per heavy atom. The standard InChI is InChI=1S/C22H28N2O3/c1-15-3-5-17(23-14-25)12-20(15)16-4-7-19-21(11-16)24-9-10-27-13-18(24)6-8-22(19)26-2/h3-5,7,11-12,18,22-23,25H,6,8-10,13-14H2,1-2H3. The minimum absolute atomic E-state index is 0.0718. The number of hydrogen-bond acceptors (Lipinski definition) is 5. The zero-order chi connectivity index (χ0) is 18.8. The summed E-state index contributed by atoms with van der Waals surface area (Å²) in [5, 5.41) is 12.2. The highest BCUT2D eigenvalue weighted by Gasteiger charge is 2.31. The molecular formula is C22H28N2O3. The number of benzene rings is 2. The summed E-state index contributed by atoms with van der Waals surface area (Å²) in [6.07, 6.45) is 2.22. The monoisotopic (exact) mass is 368 g/mol. The lowest BCUT2D eigenvalue weighted by atomic mass is 9.95. The maximum Gasteiger partial charge on any atom is 0.113 e. The third-order valence-electron chi connectivity index (χ3n) is 5.79. The Morgan fingerprint density at radius 1 is 1.22 bits per heavy atom. The van der Waals surface area contributed by atoms with Crippen molar-refractivity contribution in [2.75, 3.05) is 43.8 Å². The van der Waals surface area contributed by atoms with Gasteiger partial charge >= 0.3 is 0 Å². The average Bonchev–Trinajstić information content (AvgIpc) is 2.86. The van der Waals surface area contributed by atoms with Crippen molar-refractivity contribution in [3.8, 4) is 11.1 Å². The molecule has 144 valence electrons. The van der Waals surface area contributed by atoms with Gasteiger partial charge in [0, 0.05) is 30.6 Å². The number of ether oxygens (including phenoxy) is 2. The summed E-state index contributed by atoms with van der Waals surface area (Å²) in [6, 6.07) is 13.3. The van der Waals surface area contributed by atoms with Crippen LogP contribution in [0, 0.1) is 6.92 Å². The zero-order valence-corrected chi connectivity index (χ0v) is 16.1. The molecule has 2 atom stereocenters. The van der Waals surface area contributed by atoms with Gasteiger partial charge in [0.05, 0.1) is 25.4 Å². The van der Waals surface area contributed by atoms with Crippen LogP contribution in [0.25, 0.3) is 11.1 Å². The predicted molar refractivity (Wildman–Crippen MR) is 108 cm³/mol. The van der Waals surface area contributed by atoms with E-state index in [1.165, 1.54) is 27.9 Å². The first kappa shape index (κ1) is 18.3. The van der Waals surface area contributed by atoms with Gasteiger partial charge in [0.15, 0.2) is 0 Å². The van der Waals surface area contributed by atoms with Gasteiger partial charge in [-0.1, -0.05) is 18.2 Å². The van der Waals surface area contributed by atoms with E-state index in [1.807, 2.05) is 6.07 Å². The van der Waals surface area contributed by atoms with Crippen LogP contribution >= 0.6 is 0 Å². The largest absolute Gasteiger partial charge is 0.377 e. The number of fused-ring (bicyclic) bond motifs is 3. The number of rotatable bonds is 4. The van der Waals surface area contributed by atoms with Crippen molar-refractivity contribution in [3.05, 3.63) is 47.5 Å². The minimum Gasteiger partial charge on any atom is -0.377 e. The molecule has 27 heavy (non-hydrogen) atoms. The van der Waals surface area contributed by atoms with Gasteiger partial charge in [0.25, 0.3) is 0 Å². The number of morpholine rings is 1. The third-order valence-corrected chi connectivity index (χ3v) is 5.79. The molecule has 0 radical (unpaired) electrons. The Hall–Kier alpha value is -2.08. The summed E-state index contributed by atoms with van der Waals surface area (Å²) in [5.74, 6) is 0. The van der Waals surface area contributed by atoms with Crippen molar-refractivity contribution >= 4 is 11.4 Å². The summed E-state index contributed by atoms with van der Waals surface area (Å²) < 4.78 is 11.6. The molecule has 0 spiro atoms.